The third-order valence-corrected chi connectivity index (χ3v) is 8.05. The summed E-state index contributed by atoms with van der Waals surface area (Å²) in [5, 5.41) is 0. The van der Waals surface area contributed by atoms with Gasteiger partial charge in [0.05, 0.1) is 6.42 Å². The van der Waals surface area contributed by atoms with E-state index in [1.807, 2.05) is 12.2 Å². The lowest BCUT2D eigenvalue weighted by Crippen LogP contribution is -2.30. The van der Waals surface area contributed by atoms with Gasteiger partial charge in [0.2, 0.25) is 0 Å². The lowest BCUT2D eigenvalue weighted by atomic mass is 10.1. The van der Waals surface area contributed by atoms with Crippen molar-refractivity contribution in [2.75, 3.05) is 13.2 Å². The molecule has 0 aliphatic heterocycles. The number of hydrogen-bond acceptors (Lipinski definition) is 6. The first-order chi connectivity index (χ1) is 24.0. The summed E-state index contributed by atoms with van der Waals surface area (Å²) in [6.07, 6.45) is 44.0. The molecule has 6 nitrogen and oxygen atoms in total. The second-order valence-corrected chi connectivity index (χ2v) is 12.8. The van der Waals surface area contributed by atoms with Crippen LogP contribution in [0.5, 0.6) is 0 Å². The second kappa shape index (κ2) is 37.9. The zero-order valence-corrected chi connectivity index (χ0v) is 31.7. The zero-order valence-electron chi connectivity index (χ0n) is 31.7. The van der Waals surface area contributed by atoms with Crippen LogP contribution in [0.1, 0.15) is 175 Å². The summed E-state index contributed by atoms with van der Waals surface area (Å²) < 4.78 is 16.4. The van der Waals surface area contributed by atoms with Crippen LogP contribution in [0.3, 0.4) is 0 Å². The van der Waals surface area contributed by atoms with Gasteiger partial charge in [0.1, 0.15) is 13.2 Å². The maximum Gasteiger partial charge on any atom is 0.310 e. The molecule has 0 heterocycles. The van der Waals surface area contributed by atoms with E-state index >= 15 is 0 Å². The van der Waals surface area contributed by atoms with Gasteiger partial charge in [-0.15, -0.1) is 0 Å². The van der Waals surface area contributed by atoms with Gasteiger partial charge in [0.15, 0.2) is 6.10 Å². The van der Waals surface area contributed by atoms with Crippen molar-refractivity contribution in [3.8, 4) is 0 Å². The Kier molecular flexibility index (Phi) is 35.7. The molecule has 0 aliphatic rings. The van der Waals surface area contributed by atoms with Crippen molar-refractivity contribution < 1.29 is 28.6 Å². The summed E-state index contributed by atoms with van der Waals surface area (Å²) in [7, 11) is 0. The molecule has 0 aromatic carbocycles. The first kappa shape index (κ1) is 46.1. The largest absolute Gasteiger partial charge is 0.462 e. The summed E-state index contributed by atoms with van der Waals surface area (Å²) in [4.78, 5) is 37.3. The van der Waals surface area contributed by atoms with E-state index in [4.69, 9.17) is 14.2 Å². The SMILES string of the molecule is CC/C=C\C/C=C\C/C=C\CC(=O)OC(COC(=O)CC/C=C\C/C=C\CCCCCCCC)COC(=O)CCCCCCCCCCC. The number of rotatable bonds is 34. The van der Waals surface area contributed by atoms with Gasteiger partial charge in [-0.1, -0.05) is 165 Å². The van der Waals surface area contributed by atoms with E-state index in [0.29, 0.717) is 12.8 Å². The number of carbonyl (C=O) groups is 3. The van der Waals surface area contributed by atoms with Crippen LogP contribution in [0.25, 0.3) is 0 Å². The molecule has 0 radical (unpaired) electrons. The van der Waals surface area contributed by atoms with Gasteiger partial charge < -0.3 is 14.2 Å². The Bertz CT molecular complexity index is 929. The first-order valence-corrected chi connectivity index (χ1v) is 19.8. The lowest BCUT2D eigenvalue weighted by Gasteiger charge is -2.18. The summed E-state index contributed by atoms with van der Waals surface area (Å²) in [5.74, 6) is -1.14. The number of ether oxygens (including phenoxy) is 3. The topological polar surface area (TPSA) is 78.9 Å². The van der Waals surface area contributed by atoms with E-state index in [-0.39, 0.29) is 38.0 Å². The number of allylic oxidation sites excluding steroid dienone is 9. The Morgan fingerprint density at radius 2 is 0.898 bits per heavy atom. The molecule has 280 valence electrons. The van der Waals surface area contributed by atoms with E-state index in [9.17, 15) is 14.4 Å². The molecule has 0 bridgehead atoms. The summed E-state index contributed by atoms with van der Waals surface area (Å²) >= 11 is 0. The highest BCUT2D eigenvalue weighted by Gasteiger charge is 2.19. The smallest absolute Gasteiger partial charge is 0.310 e. The molecule has 0 amide bonds. The highest BCUT2D eigenvalue weighted by molar-refractivity contribution is 5.72. The van der Waals surface area contributed by atoms with E-state index in [1.165, 1.54) is 77.0 Å². The normalized spacial score (nSPS) is 12.6. The number of carbonyl (C=O) groups excluding carboxylic acids is 3. The molecule has 6 heteroatoms. The maximum absolute atomic E-state index is 12.5. The second-order valence-electron chi connectivity index (χ2n) is 12.8. The summed E-state index contributed by atoms with van der Waals surface area (Å²) in [5.41, 5.74) is 0. The monoisotopic (exact) mass is 685 g/mol. The van der Waals surface area contributed by atoms with E-state index in [2.05, 4.69) is 63.3 Å². The molecule has 49 heavy (non-hydrogen) atoms. The average Bonchev–Trinajstić information content (AvgIpc) is 3.10. The number of unbranched alkanes of at least 4 members (excludes halogenated alkanes) is 14. The molecule has 1 unspecified atom stereocenters. The Morgan fingerprint density at radius 3 is 1.47 bits per heavy atom. The van der Waals surface area contributed by atoms with Crippen molar-refractivity contribution in [3.63, 3.8) is 0 Å². The van der Waals surface area contributed by atoms with Crippen LogP contribution in [-0.4, -0.2) is 37.2 Å². The van der Waals surface area contributed by atoms with Gasteiger partial charge in [0, 0.05) is 12.8 Å². The van der Waals surface area contributed by atoms with Crippen LogP contribution in [0.2, 0.25) is 0 Å². The fourth-order valence-electron chi connectivity index (χ4n) is 5.08. The van der Waals surface area contributed by atoms with Gasteiger partial charge in [-0.05, 0) is 51.4 Å². The Morgan fingerprint density at radius 1 is 0.449 bits per heavy atom. The van der Waals surface area contributed by atoms with Gasteiger partial charge in [-0.25, -0.2) is 0 Å². The maximum atomic E-state index is 12.5. The van der Waals surface area contributed by atoms with Crippen LogP contribution in [0.4, 0.5) is 0 Å². The average molecular weight is 685 g/mol. The van der Waals surface area contributed by atoms with Crippen molar-refractivity contribution in [1.82, 2.24) is 0 Å². The third-order valence-electron chi connectivity index (χ3n) is 8.05. The first-order valence-electron chi connectivity index (χ1n) is 19.8. The van der Waals surface area contributed by atoms with Gasteiger partial charge >= 0.3 is 17.9 Å². The fourth-order valence-corrected chi connectivity index (χ4v) is 5.08. The molecule has 0 aliphatic carbocycles. The van der Waals surface area contributed by atoms with Crippen LogP contribution in [-0.2, 0) is 28.6 Å². The lowest BCUT2D eigenvalue weighted by molar-refractivity contribution is -0.166. The molecule has 0 rings (SSSR count). The molecule has 0 saturated carbocycles. The Hall–Kier alpha value is -2.89. The predicted octanol–water partition coefficient (Wildman–Crippen LogP) is 12.2. The third kappa shape index (κ3) is 36.2. The van der Waals surface area contributed by atoms with E-state index in [0.717, 1.165) is 51.4 Å². The molecular weight excluding hydrogens is 612 g/mol. The highest BCUT2D eigenvalue weighted by atomic mass is 16.6. The van der Waals surface area contributed by atoms with Crippen molar-refractivity contribution in [2.24, 2.45) is 0 Å². The Labute approximate surface area is 300 Å². The minimum absolute atomic E-state index is 0.0958. The minimum atomic E-state index is -0.838. The van der Waals surface area contributed by atoms with Crippen molar-refractivity contribution in [1.29, 1.82) is 0 Å². The molecule has 0 spiro atoms. The van der Waals surface area contributed by atoms with Crippen LogP contribution in [0, 0.1) is 0 Å². The summed E-state index contributed by atoms with van der Waals surface area (Å²) in [6.45, 7) is 6.30. The molecule has 1 atom stereocenters. The quantitative estimate of drug-likeness (QED) is 0.0290. The van der Waals surface area contributed by atoms with Crippen molar-refractivity contribution >= 4 is 17.9 Å². The van der Waals surface area contributed by atoms with E-state index < -0.39 is 12.1 Å². The van der Waals surface area contributed by atoms with Crippen LogP contribution >= 0.6 is 0 Å². The van der Waals surface area contributed by atoms with Crippen molar-refractivity contribution in [2.45, 2.75) is 181 Å². The number of esters is 3. The fraction of sp³-hybridized carbons (Fsp3) is 0.698. The summed E-state index contributed by atoms with van der Waals surface area (Å²) in [6, 6.07) is 0. The van der Waals surface area contributed by atoms with Crippen molar-refractivity contribution in [3.05, 3.63) is 60.8 Å². The molecule has 0 aromatic heterocycles. The van der Waals surface area contributed by atoms with Crippen LogP contribution < -0.4 is 0 Å². The zero-order chi connectivity index (χ0) is 35.9. The van der Waals surface area contributed by atoms with Gasteiger partial charge in [-0.2, -0.15) is 0 Å². The molecular formula is C43H72O6. The number of hydrogen-bond donors (Lipinski definition) is 0. The predicted molar refractivity (Wildman–Crippen MR) is 205 cm³/mol. The molecule has 0 saturated heterocycles. The standard InChI is InChI=1S/C43H72O6/c1-4-7-10-13-16-19-20-21-22-25-27-30-33-36-42(45)48-39-40(49-43(46)37-34-31-28-24-18-15-12-9-6-3)38-47-41(44)35-32-29-26-23-17-14-11-8-5-2/h9,12,18,21-22,24,27,30-31,34,40H,4-8,10-11,13-17,19-20,23,25-26,28-29,32-33,35-39H2,1-3H3/b12-9-,22-21-,24-18-,30-27-,34-31-. The minimum Gasteiger partial charge on any atom is -0.462 e. The van der Waals surface area contributed by atoms with E-state index in [1.54, 1.807) is 6.08 Å². The highest BCUT2D eigenvalue weighted by Crippen LogP contribution is 2.12. The van der Waals surface area contributed by atoms with Crippen LogP contribution in [0.15, 0.2) is 60.8 Å². The Balaban J connectivity index is 4.53. The molecule has 0 fully saturated rings. The molecule has 0 N–H and O–H groups in total. The molecule has 0 aromatic rings. The van der Waals surface area contributed by atoms with Gasteiger partial charge in [0.25, 0.3) is 0 Å². The van der Waals surface area contributed by atoms with Gasteiger partial charge in [-0.3, -0.25) is 14.4 Å².